The number of hydrogen-bond donors (Lipinski definition) is 2. The number of amides is 1. The molecule has 0 radical (unpaired) electrons. The topological polar surface area (TPSA) is 95.2 Å². The van der Waals surface area contributed by atoms with Gasteiger partial charge in [-0.05, 0) is 18.4 Å². The molecule has 1 atom stereocenters. The van der Waals surface area contributed by atoms with Gasteiger partial charge in [-0.3, -0.25) is 9.89 Å². The van der Waals surface area contributed by atoms with Crippen molar-refractivity contribution in [3.63, 3.8) is 0 Å². The number of rotatable bonds is 5. The lowest BCUT2D eigenvalue weighted by molar-refractivity contribution is -0.120. The monoisotopic (exact) mass is 348 g/mol. The van der Waals surface area contributed by atoms with Gasteiger partial charge in [0.25, 0.3) is 0 Å². The van der Waals surface area contributed by atoms with Crippen molar-refractivity contribution in [2.45, 2.75) is 18.6 Å². The molecule has 24 heavy (non-hydrogen) atoms. The zero-order valence-electron chi connectivity index (χ0n) is 13.2. The summed E-state index contributed by atoms with van der Waals surface area (Å²) < 4.78 is 26.7. The van der Waals surface area contributed by atoms with Crippen LogP contribution in [0.1, 0.15) is 18.4 Å². The van der Waals surface area contributed by atoms with Gasteiger partial charge in [-0.25, -0.2) is 12.7 Å². The van der Waals surface area contributed by atoms with Crippen molar-refractivity contribution in [2.24, 2.45) is 5.92 Å². The largest absolute Gasteiger partial charge is 0.323 e. The standard InChI is InChI=1S/C16H20N4O3S/c21-16(19-15-9-17-18-10-15)14-7-4-8-20(11-14)24(22,23)12-13-5-2-1-3-6-13/h1-3,5-6,9-10,14H,4,7-8,11-12H2,(H,17,18)(H,19,21). The second-order valence-electron chi connectivity index (χ2n) is 5.92. The van der Waals surface area contributed by atoms with Crippen molar-refractivity contribution in [2.75, 3.05) is 18.4 Å². The number of carbonyl (C=O) groups is 1. The number of carbonyl (C=O) groups excluding carboxylic acids is 1. The zero-order valence-corrected chi connectivity index (χ0v) is 14.0. The first-order valence-electron chi connectivity index (χ1n) is 7.86. The van der Waals surface area contributed by atoms with Crippen LogP contribution < -0.4 is 5.32 Å². The third-order valence-corrected chi connectivity index (χ3v) is 5.92. The Morgan fingerprint density at radius 3 is 2.83 bits per heavy atom. The highest BCUT2D eigenvalue weighted by atomic mass is 32.2. The molecule has 0 bridgehead atoms. The normalized spacial score (nSPS) is 19.1. The summed E-state index contributed by atoms with van der Waals surface area (Å²) in [6, 6.07) is 9.09. The Morgan fingerprint density at radius 1 is 1.33 bits per heavy atom. The average molecular weight is 348 g/mol. The number of nitrogens with one attached hydrogen (secondary N) is 2. The van der Waals surface area contributed by atoms with E-state index in [1.165, 1.54) is 10.5 Å². The average Bonchev–Trinajstić information content (AvgIpc) is 3.08. The Labute approximate surface area is 141 Å². The molecule has 1 saturated heterocycles. The fraction of sp³-hybridized carbons (Fsp3) is 0.375. The van der Waals surface area contributed by atoms with Crippen LogP contribution in [0.2, 0.25) is 0 Å². The molecule has 0 saturated carbocycles. The fourth-order valence-corrected chi connectivity index (χ4v) is 4.46. The molecule has 1 aromatic carbocycles. The molecule has 0 aliphatic carbocycles. The van der Waals surface area contributed by atoms with Gasteiger partial charge in [0.15, 0.2) is 0 Å². The maximum absolute atomic E-state index is 12.6. The van der Waals surface area contributed by atoms with Gasteiger partial charge in [0, 0.05) is 19.3 Å². The van der Waals surface area contributed by atoms with Crippen LogP contribution in [0.5, 0.6) is 0 Å². The van der Waals surface area contributed by atoms with Crippen LogP contribution in [0.4, 0.5) is 5.69 Å². The van der Waals surface area contributed by atoms with Gasteiger partial charge in [-0.2, -0.15) is 5.10 Å². The number of aromatic amines is 1. The Bertz CT molecular complexity index is 775. The third kappa shape index (κ3) is 4.01. The molecule has 2 heterocycles. The summed E-state index contributed by atoms with van der Waals surface area (Å²) in [5.74, 6) is -0.556. The van der Waals surface area contributed by atoms with E-state index >= 15 is 0 Å². The van der Waals surface area contributed by atoms with Crippen molar-refractivity contribution < 1.29 is 13.2 Å². The molecule has 8 heteroatoms. The molecular weight excluding hydrogens is 328 g/mol. The summed E-state index contributed by atoms with van der Waals surface area (Å²) in [4.78, 5) is 12.3. The molecule has 3 rings (SSSR count). The molecule has 1 amide bonds. The SMILES string of the molecule is O=C(Nc1cn[nH]c1)C1CCCN(S(=O)(=O)Cc2ccccc2)C1. The van der Waals surface area contributed by atoms with Crippen molar-refractivity contribution in [3.8, 4) is 0 Å². The van der Waals surface area contributed by atoms with E-state index in [2.05, 4.69) is 15.5 Å². The molecule has 1 aliphatic rings. The summed E-state index contributed by atoms with van der Waals surface area (Å²) in [5, 5.41) is 9.16. The zero-order chi connectivity index (χ0) is 17.0. The van der Waals surface area contributed by atoms with Crippen LogP contribution in [-0.4, -0.2) is 41.9 Å². The lowest BCUT2D eigenvalue weighted by Crippen LogP contribution is -2.44. The number of hydrogen-bond acceptors (Lipinski definition) is 4. The highest BCUT2D eigenvalue weighted by Crippen LogP contribution is 2.22. The number of piperidine rings is 1. The van der Waals surface area contributed by atoms with E-state index in [1.54, 1.807) is 18.3 Å². The van der Waals surface area contributed by atoms with Crippen LogP contribution in [-0.2, 0) is 20.6 Å². The van der Waals surface area contributed by atoms with E-state index in [9.17, 15) is 13.2 Å². The smallest absolute Gasteiger partial charge is 0.228 e. The quantitative estimate of drug-likeness (QED) is 0.858. The first-order valence-corrected chi connectivity index (χ1v) is 9.47. The lowest BCUT2D eigenvalue weighted by atomic mass is 9.99. The summed E-state index contributed by atoms with van der Waals surface area (Å²) in [5.41, 5.74) is 1.34. The first-order chi connectivity index (χ1) is 11.5. The van der Waals surface area contributed by atoms with Crippen LogP contribution in [0.15, 0.2) is 42.7 Å². The van der Waals surface area contributed by atoms with Gasteiger partial charge in [0.1, 0.15) is 0 Å². The fourth-order valence-electron chi connectivity index (χ4n) is 2.85. The van der Waals surface area contributed by atoms with Crippen LogP contribution in [0.3, 0.4) is 0 Å². The molecule has 128 valence electrons. The Morgan fingerprint density at radius 2 is 2.12 bits per heavy atom. The minimum absolute atomic E-state index is 0.0378. The highest BCUT2D eigenvalue weighted by molar-refractivity contribution is 7.88. The van der Waals surface area contributed by atoms with Gasteiger partial charge < -0.3 is 5.32 Å². The van der Waals surface area contributed by atoms with Crippen LogP contribution in [0.25, 0.3) is 0 Å². The first kappa shape index (κ1) is 16.7. The molecule has 2 N–H and O–H groups in total. The van der Waals surface area contributed by atoms with Crippen LogP contribution >= 0.6 is 0 Å². The molecule has 0 spiro atoms. The molecule has 1 aliphatic heterocycles. The Hall–Kier alpha value is -2.19. The van der Waals surface area contributed by atoms with E-state index < -0.39 is 10.0 Å². The second-order valence-corrected chi connectivity index (χ2v) is 7.88. The van der Waals surface area contributed by atoms with Crippen molar-refractivity contribution >= 4 is 21.6 Å². The summed E-state index contributed by atoms with van der Waals surface area (Å²) in [7, 11) is -3.43. The van der Waals surface area contributed by atoms with E-state index in [-0.39, 0.29) is 24.1 Å². The van der Waals surface area contributed by atoms with Gasteiger partial charge in [0.2, 0.25) is 15.9 Å². The van der Waals surface area contributed by atoms with Gasteiger partial charge in [-0.15, -0.1) is 0 Å². The van der Waals surface area contributed by atoms with Crippen molar-refractivity contribution in [3.05, 3.63) is 48.3 Å². The van der Waals surface area contributed by atoms with E-state index in [4.69, 9.17) is 0 Å². The minimum Gasteiger partial charge on any atom is -0.323 e. The summed E-state index contributed by atoms with van der Waals surface area (Å²) in [6.45, 7) is 0.684. The third-order valence-electron chi connectivity index (χ3n) is 4.11. The maximum Gasteiger partial charge on any atom is 0.228 e. The minimum atomic E-state index is -3.43. The van der Waals surface area contributed by atoms with Gasteiger partial charge in [0.05, 0.1) is 23.6 Å². The number of H-pyrrole nitrogens is 1. The number of anilines is 1. The molecule has 2 aromatic rings. The Kier molecular flexibility index (Phi) is 4.96. The highest BCUT2D eigenvalue weighted by Gasteiger charge is 2.32. The molecule has 7 nitrogen and oxygen atoms in total. The van der Waals surface area contributed by atoms with Gasteiger partial charge in [-0.1, -0.05) is 30.3 Å². The van der Waals surface area contributed by atoms with E-state index in [0.717, 1.165) is 5.56 Å². The number of nitrogens with zero attached hydrogens (tertiary/aromatic N) is 2. The van der Waals surface area contributed by atoms with E-state index in [0.29, 0.717) is 25.1 Å². The Balaban J connectivity index is 1.65. The van der Waals surface area contributed by atoms with Gasteiger partial charge >= 0.3 is 0 Å². The van der Waals surface area contributed by atoms with Crippen molar-refractivity contribution in [1.29, 1.82) is 0 Å². The predicted octanol–water partition coefficient (Wildman–Crippen LogP) is 1.59. The van der Waals surface area contributed by atoms with E-state index in [1.807, 2.05) is 18.2 Å². The molecule has 1 fully saturated rings. The number of benzene rings is 1. The molecular formula is C16H20N4O3S. The summed E-state index contributed by atoms with van der Waals surface area (Å²) >= 11 is 0. The maximum atomic E-state index is 12.6. The predicted molar refractivity (Wildman–Crippen MR) is 90.6 cm³/mol. The molecule has 1 aromatic heterocycles. The number of sulfonamides is 1. The lowest BCUT2D eigenvalue weighted by Gasteiger charge is -2.31. The van der Waals surface area contributed by atoms with Crippen molar-refractivity contribution in [1.82, 2.24) is 14.5 Å². The molecule has 1 unspecified atom stereocenters. The number of aromatic nitrogens is 2. The second kappa shape index (κ2) is 7.14. The summed E-state index contributed by atoms with van der Waals surface area (Å²) in [6.07, 6.45) is 4.47. The van der Waals surface area contributed by atoms with Crippen LogP contribution in [0, 0.1) is 5.92 Å².